The first-order chi connectivity index (χ1) is 14.9. The predicted octanol–water partition coefficient (Wildman–Crippen LogP) is 2.48. The molecule has 4 rings (SSSR count). The lowest BCUT2D eigenvalue weighted by atomic mass is 10.1. The smallest absolute Gasteiger partial charge is 0.317 e. The number of hydrogen-bond donors (Lipinski definition) is 3. The minimum absolute atomic E-state index is 0.0684. The molecule has 1 aliphatic heterocycles. The molecule has 2 aromatic carbocycles. The summed E-state index contributed by atoms with van der Waals surface area (Å²) < 4.78 is 15.2. The Hall–Kier alpha value is -3.88. The van der Waals surface area contributed by atoms with Crippen LogP contribution in [-0.4, -0.2) is 44.8 Å². The van der Waals surface area contributed by atoms with Crippen LogP contribution in [0.4, 0.5) is 9.18 Å². The van der Waals surface area contributed by atoms with Gasteiger partial charge in [-0.05, 0) is 35.7 Å². The van der Waals surface area contributed by atoms with Crippen LogP contribution in [0.3, 0.4) is 0 Å². The maximum absolute atomic E-state index is 14.1. The van der Waals surface area contributed by atoms with Gasteiger partial charge in [0.15, 0.2) is 11.4 Å². The number of aryl methyl sites for hydroxylation is 1. The Morgan fingerprint density at radius 2 is 1.97 bits per heavy atom. The molecule has 0 unspecified atom stereocenters. The second-order valence-electron chi connectivity index (χ2n) is 7.42. The summed E-state index contributed by atoms with van der Waals surface area (Å²) in [6.07, 6.45) is 1.20. The molecule has 3 aromatic rings. The molecule has 2 heterocycles. The van der Waals surface area contributed by atoms with E-state index in [2.05, 4.69) is 15.7 Å². The zero-order chi connectivity index (χ0) is 22.0. The lowest BCUT2D eigenvalue weighted by Gasteiger charge is -2.14. The zero-order valence-electron chi connectivity index (χ0n) is 16.9. The Bertz CT molecular complexity index is 1130. The van der Waals surface area contributed by atoms with E-state index in [0.29, 0.717) is 19.6 Å². The van der Waals surface area contributed by atoms with Crippen molar-refractivity contribution in [2.45, 2.75) is 20.0 Å². The van der Waals surface area contributed by atoms with Gasteiger partial charge in [-0.1, -0.05) is 30.3 Å². The maximum atomic E-state index is 14.1. The molecule has 160 valence electrons. The molecule has 9 heteroatoms. The van der Waals surface area contributed by atoms with Gasteiger partial charge < -0.3 is 20.6 Å². The molecule has 1 aliphatic rings. The van der Waals surface area contributed by atoms with Gasteiger partial charge in [-0.25, -0.2) is 13.9 Å². The quantitative estimate of drug-likeness (QED) is 0.567. The van der Waals surface area contributed by atoms with Gasteiger partial charge in [0.25, 0.3) is 5.91 Å². The molecule has 3 amide bonds. The first kappa shape index (κ1) is 20.4. The van der Waals surface area contributed by atoms with Crippen LogP contribution >= 0.6 is 0 Å². The standard InChI is InChI=1S/C22H22FN5O3/c1-14-2-7-17(23)18(10-14)28-13-19(29)20(26-28)21(30)25-11-15-3-5-16(6-4-15)12-27-9-8-24-22(27)31/h2-7,10,13,29H,8-9,11-12H2,1H3,(H,24,31)(H,25,30). The third-order valence-electron chi connectivity index (χ3n) is 5.05. The van der Waals surface area contributed by atoms with E-state index in [-0.39, 0.29) is 29.7 Å². The van der Waals surface area contributed by atoms with Crippen molar-refractivity contribution in [3.63, 3.8) is 0 Å². The molecule has 0 aliphatic carbocycles. The highest BCUT2D eigenvalue weighted by Crippen LogP contribution is 2.21. The van der Waals surface area contributed by atoms with Crippen molar-refractivity contribution < 1.29 is 19.1 Å². The molecule has 0 spiro atoms. The SMILES string of the molecule is Cc1ccc(F)c(-n2cc(O)c(C(=O)NCc3ccc(CN4CCNC4=O)cc3)n2)c1. The van der Waals surface area contributed by atoms with Gasteiger partial charge in [0.2, 0.25) is 0 Å². The van der Waals surface area contributed by atoms with E-state index in [1.54, 1.807) is 17.0 Å². The number of aromatic hydroxyl groups is 1. The number of halogens is 1. The van der Waals surface area contributed by atoms with Crippen LogP contribution in [0.25, 0.3) is 5.69 Å². The summed E-state index contributed by atoms with van der Waals surface area (Å²) in [5, 5.41) is 19.6. The maximum Gasteiger partial charge on any atom is 0.317 e. The van der Waals surface area contributed by atoms with E-state index in [1.165, 1.54) is 12.3 Å². The highest BCUT2D eigenvalue weighted by atomic mass is 19.1. The molecule has 0 radical (unpaired) electrons. The lowest BCUT2D eigenvalue weighted by Crippen LogP contribution is -2.27. The number of rotatable bonds is 6. The summed E-state index contributed by atoms with van der Waals surface area (Å²) in [4.78, 5) is 25.8. The van der Waals surface area contributed by atoms with Crippen LogP contribution in [0.5, 0.6) is 5.75 Å². The number of urea groups is 1. The van der Waals surface area contributed by atoms with Crippen LogP contribution in [0.1, 0.15) is 27.2 Å². The van der Waals surface area contributed by atoms with Crippen molar-refractivity contribution in [3.8, 4) is 11.4 Å². The Balaban J connectivity index is 1.39. The molecule has 0 atom stereocenters. The number of carbonyl (C=O) groups is 2. The Kier molecular flexibility index (Phi) is 5.57. The van der Waals surface area contributed by atoms with Crippen LogP contribution in [0.15, 0.2) is 48.7 Å². The summed E-state index contributed by atoms with van der Waals surface area (Å²) in [6.45, 7) is 3.90. The highest BCUT2D eigenvalue weighted by molar-refractivity contribution is 5.94. The van der Waals surface area contributed by atoms with E-state index in [9.17, 15) is 19.1 Å². The second-order valence-corrected chi connectivity index (χ2v) is 7.42. The van der Waals surface area contributed by atoms with Crippen LogP contribution in [0.2, 0.25) is 0 Å². The number of hydrogen-bond acceptors (Lipinski definition) is 4. The molecule has 3 N–H and O–H groups in total. The third kappa shape index (κ3) is 4.50. The number of carbonyl (C=O) groups excluding carboxylic acids is 2. The number of nitrogens with zero attached hydrogens (tertiary/aromatic N) is 3. The first-order valence-corrected chi connectivity index (χ1v) is 9.84. The van der Waals surface area contributed by atoms with Gasteiger partial charge >= 0.3 is 6.03 Å². The molecule has 1 saturated heterocycles. The summed E-state index contributed by atoms with van der Waals surface area (Å²) >= 11 is 0. The average Bonchev–Trinajstić information content (AvgIpc) is 3.34. The van der Waals surface area contributed by atoms with E-state index in [4.69, 9.17) is 0 Å². The van der Waals surface area contributed by atoms with Gasteiger partial charge in [-0.3, -0.25) is 4.79 Å². The number of benzene rings is 2. The van der Waals surface area contributed by atoms with Gasteiger partial charge in [-0.2, -0.15) is 5.10 Å². The minimum Gasteiger partial charge on any atom is -0.504 e. The van der Waals surface area contributed by atoms with Gasteiger partial charge in [0, 0.05) is 26.2 Å². The van der Waals surface area contributed by atoms with E-state index >= 15 is 0 Å². The molecule has 0 saturated carbocycles. The summed E-state index contributed by atoms with van der Waals surface area (Å²) in [7, 11) is 0. The molecule has 31 heavy (non-hydrogen) atoms. The Morgan fingerprint density at radius 3 is 2.68 bits per heavy atom. The number of amides is 3. The van der Waals surface area contributed by atoms with Gasteiger partial charge in [-0.15, -0.1) is 0 Å². The fourth-order valence-electron chi connectivity index (χ4n) is 3.36. The topological polar surface area (TPSA) is 99.5 Å². The summed E-state index contributed by atoms with van der Waals surface area (Å²) in [6, 6.07) is 12.0. The fraction of sp³-hybridized carbons (Fsp3) is 0.227. The van der Waals surface area contributed by atoms with E-state index in [0.717, 1.165) is 21.4 Å². The average molecular weight is 423 g/mol. The first-order valence-electron chi connectivity index (χ1n) is 9.84. The van der Waals surface area contributed by atoms with E-state index < -0.39 is 11.7 Å². The summed E-state index contributed by atoms with van der Waals surface area (Å²) in [5.74, 6) is -1.41. The molecular weight excluding hydrogens is 401 g/mol. The van der Waals surface area contributed by atoms with Gasteiger partial charge in [0.05, 0.1) is 6.20 Å². The van der Waals surface area contributed by atoms with Gasteiger partial charge in [0.1, 0.15) is 11.5 Å². The zero-order valence-corrected chi connectivity index (χ0v) is 16.9. The monoisotopic (exact) mass is 423 g/mol. The molecule has 1 fully saturated rings. The molecular formula is C22H22FN5O3. The van der Waals surface area contributed by atoms with Crippen molar-refractivity contribution in [1.29, 1.82) is 0 Å². The van der Waals surface area contributed by atoms with Crippen LogP contribution in [-0.2, 0) is 13.1 Å². The highest BCUT2D eigenvalue weighted by Gasteiger charge is 2.20. The second kappa shape index (κ2) is 8.47. The van der Waals surface area contributed by atoms with E-state index in [1.807, 2.05) is 31.2 Å². The van der Waals surface area contributed by atoms with Crippen molar-refractivity contribution in [2.24, 2.45) is 0 Å². The van der Waals surface area contributed by atoms with Crippen LogP contribution in [0, 0.1) is 12.7 Å². The normalized spacial score (nSPS) is 13.4. The minimum atomic E-state index is -0.567. The molecule has 1 aromatic heterocycles. The summed E-state index contributed by atoms with van der Waals surface area (Å²) in [5.41, 5.74) is 2.63. The van der Waals surface area contributed by atoms with Crippen molar-refractivity contribution in [2.75, 3.05) is 13.1 Å². The number of nitrogens with one attached hydrogen (secondary N) is 2. The number of aromatic nitrogens is 2. The van der Waals surface area contributed by atoms with Crippen LogP contribution < -0.4 is 10.6 Å². The largest absolute Gasteiger partial charge is 0.504 e. The molecule has 8 nitrogen and oxygen atoms in total. The van der Waals surface area contributed by atoms with Crippen molar-refractivity contribution in [3.05, 3.63) is 76.9 Å². The fourth-order valence-corrected chi connectivity index (χ4v) is 3.36. The Labute approximate surface area is 178 Å². The third-order valence-corrected chi connectivity index (χ3v) is 5.05. The molecule has 0 bridgehead atoms. The Morgan fingerprint density at radius 1 is 1.23 bits per heavy atom. The van der Waals surface area contributed by atoms with Crippen molar-refractivity contribution in [1.82, 2.24) is 25.3 Å². The van der Waals surface area contributed by atoms with Crippen molar-refractivity contribution >= 4 is 11.9 Å². The predicted molar refractivity (Wildman–Crippen MR) is 111 cm³/mol. The lowest BCUT2D eigenvalue weighted by molar-refractivity contribution is 0.0943.